The van der Waals surface area contributed by atoms with Crippen LogP contribution in [0.25, 0.3) is 0 Å². The lowest BCUT2D eigenvalue weighted by atomic mass is 10.1. The number of nitrogens with one attached hydrogen (secondary N) is 1. The highest BCUT2D eigenvalue weighted by Gasteiger charge is 2.30. The zero-order chi connectivity index (χ0) is 24.0. The van der Waals surface area contributed by atoms with E-state index in [4.69, 9.17) is 0 Å². The number of anilines is 1. The summed E-state index contributed by atoms with van der Waals surface area (Å²) in [6, 6.07) is 16.6. The van der Waals surface area contributed by atoms with Crippen molar-refractivity contribution in [3.05, 3.63) is 77.1 Å². The van der Waals surface area contributed by atoms with Gasteiger partial charge in [0.05, 0.1) is 17.9 Å². The summed E-state index contributed by atoms with van der Waals surface area (Å²) in [6.07, 6.45) is 1.51. The Kier molecular flexibility index (Phi) is 8.05. The number of nitrogens with zero attached hydrogens (tertiary/aromatic N) is 3. The third-order valence-electron chi connectivity index (χ3n) is 5.41. The van der Waals surface area contributed by atoms with Gasteiger partial charge in [0.25, 0.3) is 5.91 Å². The second-order valence-electron chi connectivity index (χ2n) is 8.08. The van der Waals surface area contributed by atoms with Crippen molar-refractivity contribution in [2.24, 2.45) is 0 Å². The van der Waals surface area contributed by atoms with Gasteiger partial charge < -0.3 is 5.32 Å². The van der Waals surface area contributed by atoms with E-state index in [1.165, 1.54) is 0 Å². The van der Waals surface area contributed by atoms with Crippen LogP contribution in [0.4, 0.5) is 5.69 Å². The number of hydrogen-bond donors (Lipinski definition) is 1. The molecule has 3 aromatic rings. The number of aromatic nitrogens is 2. The third-order valence-corrected chi connectivity index (χ3v) is 7.56. The summed E-state index contributed by atoms with van der Waals surface area (Å²) in [5, 5.41) is 7.41. The molecule has 0 radical (unpaired) electrons. The molecule has 0 saturated heterocycles. The minimum atomic E-state index is -3.63. The molecule has 7 nitrogen and oxygen atoms in total. The number of hydrogen-bond acceptors (Lipinski definition) is 4. The van der Waals surface area contributed by atoms with Crippen LogP contribution < -0.4 is 5.32 Å². The average Bonchev–Trinajstić information content (AvgIpc) is 3.07. The number of para-hydroxylation sites is 1. The van der Waals surface area contributed by atoms with Crippen molar-refractivity contribution in [2.45, 2.75) is 52.0 Å². The molecule has 176 valence electrons. The summed E-state index contributed by atoms with van der Waals surface area (Å²) in [6.45, 7) is 8.81. The van der Waals surface area contributed by atoms with Crippen LogP contribution in [0.15, 0.2) is 59.5 Å². The van der Waals surface area contributed by atoms with E-state index in [-0.39, 0.29) is 10.8 Å². The van der Waals surface area contributed by atoms with E-state index in [0.29, 0.717) is 36.6 Å². The van der Waals surface area contributed by atoms with Gasteiger partial charge in [0.2, 0.25) is 10.0 Å². The highest BCUT2D eigenvalue weighted by atomic mass is 32.2. The number of rotatable bonds is 10. The van der Waals surface area contributed by atoms with E-state index in [0.717, 1.165) is 24.1 Å². The van der Waals surface area contributed by atoms with Crippen LogP contribution in [0.1, 0.15) is 54.0 Å². The van der Waals surface area contributed by atoms with Crippen molar-refractivity contribution >= 4 is 21.6 Å². The van der Waals surface area contributed by atoms with Crippen LogP contribution in [0, 0.1) is 13.8 Å². The molecule has 8 heteroatoms. The summed E-state index contributed by atoms with van der Waals surface area (Å²) >= 11 is 0. The summed E-state index contributed by atoms with van der Waals surface area (Å²) in [5.74, 6) is -0.200. The van der Waals surface area contributed by atoms with Gasteiger partial charge in [0.15, 0.2) is 0 Å². The topological polar surface area (TPSA) is 84.3 Å². The zero-order valence-corrected chi connectivity index (χ0v) is 20.5. The number of carbonyl (C=O) groups is 1. The highest BCUT2D eigenvalue weighted by molar-refractivity contribution is 7.89. The maximum atomic E-state index is 13.4. The van der Waals surface area contributed by atoms with Crippen molar-refractivity contribution in [1.29, 1.82) is 0 Å². The van der Waals surface area contributed by atoms with Gasteiger partial charge in [0.1, 0.15) is 4.90 Å². The average molecular weight is 469 g/mol. The Hall–Kier alpha value is -2.97. The highest BCUT2D eigenvalue weighted by Crippen LogP contribution is 2.25. The molecule has 0 spiro atoms. The molecular formula is C25H32N4O3S. The van der Waals surface area contributed by atoms with Crippen LogP contribution in [0.3, 0.4) is 0 Å². The molecule has 1 aromatic heterocycles. The quantitative estimate of drug-likeness (QED) is 0.471. The molecule has 0 unspecified atom stereocenters. The van der Waals surface area contributed by atoms with Crippen molar-refractivity contribution in [2.75, 3.05) is 18.4 Å². The Morgan fingerprint density at radius 2 is 1.67 bits per heavy atom. The number of aryl methyl sites for hydroxylation is 1. The third kappa shape index (κ3) is 5.69. The van der Waals surface area contributed by atoms with Crippen LogP contribution in [-0.4, -0.2) is 41.5 Å². The van der Waals surface area contributed by atoms with Gasteiger partial charge in [-0.25, -0.2) is 8.42 Å². The van der Waals surface area contributed by atoms with E-state index < -0.39 is 10.0 Å². The van der Waals surface area contributed by atoms with E-state index in [9.17, 15) is 13.2 Å². The first-order valence-corrected chi connectivity index (χ1v) is 12.7. The molecule has 3 rings (SSSR count). The minimum absolute atomic E-state index is 0.200. The molecule has 2 aromatic carbocycles. The Bertz CT molecular complexity index is 1200. The normalized spacial score (nSPS) is 11.7. The molecule has 0 saturated carbocycles. The molecule has 0 aliphatic heterocycles. The Morgan fingerprint density at radius 1 is 1.00 bits per heavy atom. The minimum Gasteiger partial charge on any atom is -0.322 e. The smallest absolute Gasteiger partial charge is 0.255 e. The monoisotopic (exact) mass is 468 g/mol. The number of sulfonamides is 1. The summed E-state index contributed by atoms with van der Waals surface area (Å²) in [7, 11) is -3.63. The Balaban J connectivity index is 1.85. The first kappa shape index (κ1) is 24.7. The van der Waals surface area contributed by atoms with Gasteiger partial charge in [-0.05, 0) is 56.5 Å². The number of carbonyl (C=O) groups excluding carboxylic acids is 1. The molecule has 0 atom stereocenters. The van der Waals surface area contributed by atoms with E-state index in [1.807, 2.05) is 62.4 Å². The number of benzene rings is 2. The summed E-state index contributed by atoms with van der Waals surface area (Å²) in [5.41, 5.74) is 3.21. The molecule has 0 fully saturated rings. The SMILES string of the molecule is CCCN(CCC)S(=O)(=O)c1c(C)nn(Cc2cccc(C(=O)Nc3ccccc3)c2)c1C. The van der Waals surface area contributed by atoms with Crippen molar-refractivity contribution in [3.63, 3.8) is 0 Å². The summed E-state index contributed by atoms with van der Waals surface area (Å²) < 4.78 is 30.0. The molecule has 1 N–H and O–H groups in total. The van der Waals surface area contributed by atoms with E-state index in [1.54, 1.807) is 28.9 Å². The van der Waals surface area contributed by atoms with Gasteiger partial charge in [-0.1, -0.05) is 44.2 Å². The first-order valence-electron chi connectivity index (χ1n) is 11.3. The van der Waals surface area contributed by atoms with Gasteiger partial charge in [-0.3, -0.25) is 9.48 Å². The molecular weight excluding hydrogens is 436 g/mol. The molecule has 0 bridgehead atoms. The second-order valence-corrected chi connectivity index (χ2v) is 9.96. The predicted molar refractivity (Wildman–Crippen MR) is 131 cm³/mol. The van der Waals surface area contributed by atoms with E-state index >= 15 is 0 Å². The van der Waals surface area contributed by atoms with Gasteiger partial charge in [0, 0.05) is 24.3 Å². The van der Waals surface area contributed by atoms with Gasteiger partial charge >= 0.3 is 0 Å². The zero-order valence-electron chi connectivity index (χ0n) is 19.7. The van der Waals surface area contributed by atoms with Gasteiger partial charge in [-0.15, -0.1) is 0 Å². The molecule has 0 aliphatic rings. The fourth-order valence-corrected chi connectivity index (χ4v) is 5.89. The van der Waals surface area contributed by atoms with Crippen LogP contribution in [0.5, 0.6) is 0 Å². The Morgan fingerprint density at radius 3 is 2.30 bits per heavy atom. The maximum Gasteiger partial charge on any atom is 0.255 e. The molecule has 1 amide bonds. The number of amides is 1. The fraction of sp³-hybridized carbons (Fsp3) is 0.360. The molecule has 1 heterocycles. The largest absolute Gasteiger partial charge is 0.322 e. The second kappa shape index (κ2) is 10.8. The lowest BCUT2D eigenvalue weighted by Crippen LogP contribution is -2.33. The van der Waals surface area contributed by atoms with Gasteiger partial charge in [-0.2, -0.15) is 9.40 Å². The van der Waals surface area contributed by atoms with Crippen molar-refractivity contribution in [1.82, 2.24) is 14.1 Å². The fourth-order valence-electron chi connectivity index (χ4n) is 3.90. The standard InChI is InChI=1S/C25H32N4O3S/c1-5-15-28(16-6-2)33(31,32)24-19(3)27-29(20(24)4)18-21-11-10-12-22(17-21)25(30)26-23-13-8-7-9-14-23/h7-14,17H,5-6,15-16,18H2,1-4H3,(H,26,30). The maximum absolute atomic E-state index is 13.4. The molecule has 33 heavy (non-hydrogen) atoms. The Labute approximate surface area is 196 Å². The molecule has 0 aliphatic carbocycles. The lowest BCUT2D eigenvalue weighted by molar-refractivity contribution is 0.102. The lowest BCUT2D eigenvalue weighted by Gasteiger charge is -2.21. The van der Waals surface area contributed by atoms with Crippen LogP contribution in [-0.2, 0) is 16.6 Å². The van der Waals surface area contributed by atoms with Crippen LogP contribution >= 0.6 is 0 Å². The predicted octanol–water partition coefficient (Wildman–Crippen LogP) is 4.61. The van der Waals surface area contributed by atoms with Crippen molar-refractivity contribution < 1.29 is 13.2 Å². The van der Waals surface area contributed by atoms with Crippen molar-refractivity contribution in [3.8, 4) is 0 Å². The van der Waals surface area contributed by atoms with Crippen LogP contribution in [0.2, 0.25) is 0 Å². The first-order chi connectivity index (χ1) is 15.8. The van der Waals surface area contributed by atoms with E-state index in [2.05, 4.69) is 10.4 Å². The summed E-state index contributed by atoms with van der Waals surface area (Å²) in [4.78, 5) is 12.9.